The Morgan fingerprint density at radius 1 is 1.42 bits per heavy atom. The van der Waals surface area contributed by atoms with Crippen LogP contribution < -0.4 is 16.8 Å². The number of carboxylic acid groups (broad SMARTS) is 1. The van der Waals surface area contributed by atoms with Gasteiger partial charge in [0.1, 0.15) is 11.9 Å². The molecule has 0 unspecified atom stereocenters. The van der Waals surface area contributed by atoms with Crippen LogP contribution >= 0.6 is 37.2 Å². The fourth-order valence-corrected chi connectivity index (χ4v) is 1.30. The Bertz CT molecular complexity index is 373. The lowest BCUT2D eigenvalue weighted by Crippen LogP contribution is -2.40. The van der Waals surface area contributed by atoms with Crippen molar-refractivity contribution in [2.45, 2.75) is 19.5 Å². The quantitative estimate of drug-likeness (QED) is 0.632. The molecule has 0 aliphatic heterocycles. The summed E-state index contributed by atoms with van der Waals surface area (Å²) in [5, 5.41) is 11.5. The molecule has 1 aromatic rings. The molecule has 1 atom stereocenters. The topological polar surface area (TPSA) is 114 Å². The van der Waals surface area contributed by atoms with Gasteiger partial charge in [-0.3, -0.25) is 4.79 Å². The fourth-order valence-electron chi connectivity index (χ4n) is 1.30. The van der Waals surface area contributed by atoms with Gasteiger partial charge >= 0.3 is 5.97 Å². The summed E-state index contributed by atoms with van der Waals surface area (Å²) in [6, 6.07) is 2.75. The molecular weight excluding hydrogens is 314 g/mol. The maximum atomic E-state index is 10.4. The lowest BCUT2D eigenvalue weighted by atomic mass is 10.2. The van der Waals surface area contributed by atoms with Crippen LogP contribution in [0.25, 0.3) is 0 Å². The fraction of sp³-hybridized carbons (Fsp3) is 0.400. The normalized spacial score (nSPS) is 10.4. The zero-order chi connectivity index (χ0) is 12.1. The van der Waals surface area contributed by atoms with Crippen LogP contribution in [0, 0.1) is 6.92 Å². The molecule has 0 aromatic carbocycles. The van der Waals surface area contributed by atoms with Crippen molar-refractivity contribution >= 4 is 49.0 Å². The second-order valence-electron chi connectivity index (χ2n) is 3.64. The van der Waals surface area contributed by atoms with Gasteiger partial charge in [-0.25, -0.2) is 4.98 Å². The van der Waals surface area contributed by atoms with Crippen LogP contribution in [0.5, 0.6) is 0 Å². The summed E-state index contributed by atoms with van der Waals surface area (Å²) >= 11 is 0. The molecule has 0 radical (unpaired) electrons. The minimum absolute atomic E-state index is 0. The average molecular weight is 334 g/mol. The summed E-state index contributed by atoms with van der Waals surface area (Å²) in [5.74, 6) is -0.566. The SMILES string of the molecule is Cc1cc(N)nc(CNC[C@H](N)C(=O)O)c1.Cl.Cl.Cl. The molecule has 0 bridgehead atoms. The zero-order valence-electron chi connectivity index (χ0n) is 10.3. The number of pyridine rings is 1. The van der Waals surface area contributed by atoms with E-state index in [0.717, 1.165) is 11.3 Å². The molecule has 9 heteroatoms. The third-order valence-corrected chi connectivity index (χ3v) is 2.03. The van der Waals surface area contributed by atoms with Crippen molar-refractivity contribution in [2.24, 2.45) is 5.73 Å². The number of nitrogens with one attached hydrogen (secondary N) is 1. The van der Waals surface area contributed by atoms with Crippen LogP contribution in [0.15, 0.2) is 12.1 Å². The van der Waals surface area contributed by atoms with E-state index >= 15 is 0 Å². The van der Waals surface area contributed by atoms with Crippen LogP contribution in [0.2, 0.25) is 0 Å². The van der Waals surface area contributed by atoms with E-state index in [1.54, 1.807) is 6.07 Å². The van der Waals surface area contributed by atoms with Crippen LogP contribution in [0.4, 0.5) is 5.82 Å². The van der Waals surface area contributed by atoms with Gasteiger partial charge in [-0.15, -0.1) is 37.2 Å². The number of carbonyl (C=O) groups is 1. The molecule has 0 aliphatic rings. The molecule has 6 N–H and O–H groups in total. The number of rotatable bonds is 5. The predicted molar refractivity (Wildman–Crippen MR) is 82.4 cm³/mol. The number of halogens is 3. The largest absolute Gasteiger partial charge is 0.480 e. The van der Waals surface area contributed by atoms with Crippen molar-refractivity contribution in [2.75, 3.05) is 12.3 Å². The Morgan fingerprint density at radius 3 is 2.47 bits per heavy atom. The number of aromatic nitrogens is 1. The van der Waals surface area contributed by atoms with Gasteiger partial charge in [0.25, 0.3) is 0 Å². The monoisotopic (exact) mass is 332 g/mol. The Labute approximate surface area is 130 Å². The number of nitrogens with zero attached hydrogens (tertiary/aromatic N) is 1. The summed E-state index contributed by atoms with van der Waals surface area (Å²) in [4.78, 5) is 14.6. The number of nitrogens with two attached hydrogens (primary N) is 2. The highest BCUT2D eigenvalue weighted by molar-refractivity contribution is 5.86. The lowest BCUT2D eigenvalue weighted by molar-refractivity contribution is -0.138. The van der Waals surface area contributed by atoms with Crippen LogP contribution in [-0.2, 0) is 11.3 Å². The third kappa shape index (κ3) is 8.85. The van der Waals surface area contributed by atoms with Gasteiger partial charge in [-0.05, 0) is 24.6 Å². The number of carboxylic acids is 1. The van der Waals surface area contributed by atoms with E-state index in [4.69, 9.17) is 16.6 Å². The standard InChI is InChI=1S/C10H16N4O2.3ClH/c1-6-2-7(14-9(12)3-6)4-13-5-8(11)10(15)16;;;/h2-3,8,13H,4-5,11H2,1H3,(H2,12,14)(H,15,16);3*1H/t8-;;;/m0.../s1. The lowest BCUT2D eigenvalue weighted by Gasteiger charge is -2.08. The van der Waals surface area contributed by atoms with E-state index in [0.29, 0.717) is 12.4 Å². The molecule has 1 heterocycles. The van der Waals surface area contributed by atoms with Gasteiger partial charge in [0.15, 0.2) is 0 Å². The van der Waals surface area contributed by atoms with E-state index in [-0.39, 0.29) is 43.8 Å². The van der Waals surface area contributed by atoms with Crippen molar-refractivity contribution in [3.8, 4) is 0 Å². The molecule has 1 aromatic heterocycles. The summed E-state index contributed by atoms with van der Waals surface area (Å²) in [5.41, 5.74) is 12.7. The number of aryl methyl sites for hydroxylation is 1. The summed E-state index contributed by atoms with van der Waals surface area (Å²) in [6.07, 6.45) is 0. The molecule has 6 nitrogen and oxygen atoms in total. The van der Waals surface area contributed by atoms with Gasteiger partial charge in [0.05, 0.1) is 5.69 Å². The molecule has 0 fully saturated rings. The Hall–Kier alpha value is -0.790. The smallest absolute Gasteiger partial charge is 0.321 e. The van der Waals surface area contributed by atoms with Crippen LogP contribution in [0.3, 0.4) is 0 Å². The molecule has 19 heavy (non-hydrogen) atoms. The van der Waals surface area contributed by atoms with Gasteiger partial charge in [0.2, 0.25) is 0 Å². The van der Waals surface area contributed by atoms with E-state index in [2.05, 4.69) is 10.3 Å². The Balaban J connectivity index is -0.000000853. The second-order valence-corrected chi connectivity index (χ2v) is 3.64. The highest BCUT2D eigenvalue weighted by Gasteiger charge is 2.10. The molecular formula is C10H19Cl3N4O2. The van der Waals surface area contributed by atoms with Gasteiger partial charge in [-0.1, -0.05) is 0 Å². The first kappa shape index (κ1) is 23.3. The van der Waals surface area contributed by atoms with Crippen LogP contribution in [-0.4, -0.2) is 28.6 Å². The number of aliphatic carboxylic acids is 1. The average Bonchev–Trinajstić information content (AvgIpc) is 2.15. The van der Waals surface area contributed by atoms with Crippen molar-refractivity contribution in [1.82, 2.24) is 10.3 Å². The van der Waals surface area contributed by atoms with Gasteiger partial charge in [-0.2, -0.15) is 0 Å². The molecule has 0 spiro atoms. The first-order valence-corrected chi connectivity index (χ1v) is 4.91. The summed E-state index contributed by atoms with van der Waals surface area (Å²) in [7, 11) is 0. The highest BCUT2D eigenvalue weighted by Crippen LogP contribution is 2.05. The molecule has 0 saturated carbocycles. The first-order chi connectivity index (χ1) is 7.49. The summed E-state index contributed by atoms with van der Waals surface area (Å²) in [6.45, 7) is 2.57. The summed E-state index contributed by atoms with van der Waals surface area (Å²) < 4.78 is 0. The van der Waals surface area contributed by atoms with Crippen molar-refractivity contribution < 1.29 is 9.90 Å². The molecule has 0 saturated heterocycles. The Morgan fingerprint density at radius 2 is 2.00 bits per heavy atom. The second kappa shape index (κ2) is 11.1. The van der Waals surface area contributed by atoms with Crippen LogP contribution in [0.1, 0.15) is 11.3 Å². The number of hydrogen-bond acceptors (Lipinski definition) is 5. The van der Waals surface area contributed by atoms with E-state index in [1.165, 1.54) is 0 Å². The minimum atomic E-state index is -1.02. The maximum Gasteiger partial charge on any atom is 0.321 e. The predicted octanol–water partition coefficient (Wildman–Crippen LogP) is 0.739. The zero-order valence-corrected chi connectivity index (χ0v) is 12.8. The molecule has 0 amide bonds. The minimum Gasteiger partial charge on any atom is -0.480 e. The third-order valence-electron chi connectivity index (χ3n) is 2.03. The first-order valence-electron chi connectivity index (χ1n) is 4.91. The molecule has 1 rings (SSSR count). The van der Waals surface area contributed by atoms with E-state index < -0.39 is 12.0 Å². The molecule has 112 valence electrons. The van der Waals surface area contributed by atoms with E-state index in [9.17, 15) is 4.79 Å². The van der Waals surface area contributed by atoms with Crippen molar-refractivity contribution in [3.63, 3.8) is 0 Å². The van der Waals surface area contributed by atoms with E-state index in [1.807, 2.05) is 13.0 Å². The van der Waals surface area contributed by atoms with Gasteiger partial charge in [0, 0.05) is 13.1 Å². The maximum absolute atomic E-state index is 10.4. The Kier molecular flexibility index (Phi) is 13.6. The number of nitrogen functional groups attached to an aromatic ring is 1. The van der Waals surface area contributed by atoms with Gasteiger partial charge < -0.3 is 21.9 Å². The highest BCUT2D eigenvalue weighted by atomic mass is 35.5. The number of hydrogen-bond donors (Lipinski definition) is 4. The van der Waals surface area contributed by atoms with Crippen molar-refractivity contribution in [3.05, 3.63) is 23.4 Å². The molecule has 0 aliphatic carbocycles. The van der Waals surface area contributed by atoms with Crippen molar-refractivity contribution in [1.29, 1.82) is 0 Å². The number of anilines is 1.